The molecule has 38 heavy (non-hydrogen) atoms. The van der Waals surface area contributed by atoms with E-state index in [9.17, 15) is 23.3 Å². The quantitative estimate of drug-likeness (QED) is 0.314. The number of rotatable bonds is 8. The molecule has 0 aliphatic carbocycles. The average Bonchev–Trinajstić information content (AvgIpc) is 3.33. The van der Waals surface area contributed by atoms with Crippen LogP contribution in [-0.4, -0.2) is 64.6 Å². The van der Waals surface area contributed by atoms with Gasteiger partial charge in [-0.05, 0) is 46.9 Å². The zero-order chi connectivity index (χ0) is 26.7. The third-order valence-electron chi connectivity index (χ3n) is 6.45. The Morgan fingerprint density at radius 3 is 2.34 bits per heavy atom. The average molecular weight is 534 g/mol. The van der Waals surface area contributed by atoms with Crippen LogP contribution in [0.25, 0.3) is 0 Å². The van der Waals surface area contributed by atoms with Crippen LogP contribution in [0.15, 0.2) is 54.7 Å². The molecule has 0 radical (unpaired) electrons. The Bertz CT molecular complexity index is 1240. The van der Waals surface area contributed by atoms with Gasteiger partial charge in [0.1, 0.15) is 30.4 Å². The fourth-order valence-electron chi connectivity index (χ4n) is 4.50. The number of ether oxygens (including phenoxy) is 3. The van der Waals surface area contributed by atoms with E-state index in [1.165, 1.54) is 18.3 Å². The molecule has 13 heteroatoms. The Labute approximate surface area is 216 Å². The second-order valence-corrected chi connectivity index (χ2v) is 9.12. The van der Waals surface area contributed by atoms with Crippen LogP contribution in [0.2, 0.25) is 0 Å². The van der Waals surface area contributed by atoms with Gasteiger partial charge in [-0.2, -0.15) is 0 Å². The standard InChI is InChI=1S/C25H26F3N5O5/c26-25(27,28)38-21-5-1-18(2-6-21)15-30-11-13-31(14-12-30)19-3-7-20(8-4-19)36-17-22-9-10-32-16-23(33(34)35)29-24(32)37-22/h1-8,16,22H,9-15,17H2/t22-/m1/s1. The van der Waals surface area contributed by atoms with Crippen LogP contribution in [0.4, 0.5) is 24.7 Å². The summed E-state index contributed by atoms with van der Waals surface area (Å²) in [6.07, 6.45) is -2.90. The molecule has 1 atom stereocenters. The number of fused-ring (bicyclic) bond motifs is 1. The summed E-state index contributed by atoms with van der Waals surface area (Å²) in [7, 11) is 0. The zero-order valence-electron chi connectivity index (χ0n) is 20.3. The minimum Gasteiger partial charge on any atom is -0.490 e. The van der Waals surface area contributed by atoms with E-state index in [1.54, 1.807) is 16.7 Å². The van der Waals surface area contributed by atoms with Crippen LogP contribution in [-0.2, 0) is 13.1 Å². The number of anilines is 1. The van der Waals surface area contributed by atoms with Crippen molar-refractivity contribution < 1.29 is 32.3 Å². The van der Waals surface area contributed by atoms with E-state index in [2.05, 4.69) is 19.5 Å². The third-order valence-corrected chi connectivity index (χ3v) is 6.45. The lowest BCUT2D eigenvalue weighted by Gasteiger charge is -2.36. The molecule has 2 aromatic carbocycles. The van der Waals surface area contributed by atoms with Crippen LogP contribution in [0.1, 0.15) is 12.0 Å². The predicted octanol–water partition coefficient (Wildman–Crippen LogP) is 4.24. The molecular weight excluding hydrogens is 507 g/mol. The van der Waals surface area contributed by atoms with Crippen LogP contribution in [0.3, 0.4) is 0 Å². The van der Waals surface area contributed by atoms with Crippen LogP contribution in [0.5, 0.6) is 17.5 Å². The molecule has 0 bridgehead atoms. The molecule has 0 spiro atoms. The van der Waals surface area contributed by atoms with Crippen molar-refractivity contribution in [3.05, 3.63) is 70.4 Å². The van der Waals surface area contributed by atoms with E-state index in [1.807, 2.05) is 24.3 Å². The molecule has 0 unspecified atom stereocenters. The highest BCUT2D eigenvalue weighted by atomic mass is 19.4. The minimum absolute atomic E-state index is 0.219. The fraction of sp³-hybridized carbons (Fsp3) is 0.400. The number of aryl methyl sites for hydroxylation is 1. The van der Waals surface area contributed by atoms with Gasteiger partial charge in [-0.25, -0.2) is 0 Å². The van der Waals surface area contributed by atoms with Crippen molar-refractivity contribution in [3.8, 4) is 17.5 Å². The summed E-state index contributed by atoms with van der Waals surface area (Å²) < 4.78 is 54.2. The molecule has 1 fully saturated rings. The lowest BCUT2D eigenvalue weighted by atomic mass is 10.2. The second-order valence-electron chi connectivity index (χ2n) is 9.12. The third kappa shape index (κ3) is 6.46. The fourth-order valence-corrected chi connectivity index (χ4v) is 4.50. The molecule has 202 valence electrons. The van der Waals surface area contributed by atoms with Gasteiger partial charge >= 0.3 is 18.2 Å². The van der Waals surface area contributed by atoms with Gasteiger partial charge in [0, 0.05) is 56.4 Å². The molecule has 0 saturated carbocycles. The Morgan fingerprint density at radius 1 is 1.00 bits per heavy atom. The van der Waals surface area contributed by atoms with Crippen LogP contribution >= 0.6 is 0 Å². The summed E-state index contributed by atoms with van der Waals surface area (Å²) in [6, 6.07) is 14.0. The number of benzene rings is 2. The summed E-state index contributed by atoms with van der Waals surface area (Å²) in [5.41, 5.74) is 2.01. The highest BCUT2D eigenvalue weighted by molar-refractivity contribution is 5.49. The number of imidazole rings is 1. The molecular formula is C25H26F3N5O5. The maximum atomic E-state index is 12.3. The van der Waals surface area contributed by atoms with Crippen molar-refractivity contribution in [2.75, 3.05) is 37.7 Å². The molecule has 0 amide bonds. The summed E-state index contributed by atoms with van der Waals surface area (Å²) in [5.74, 6) is 0.253. The first kappa shape index (κ1) is 25.6. The van der Waals surface area contributed by atoms with Crippen molar-refractivity contribution in [1.82, 2.24) is 14.5 Å². The second kappa shape index (κ2) is 10.8. The van der Waals surface area contributed by atoms with Gasteiger partial charge in [-0.1, -0.05) is 12.1 Å². The number of alkyl halides is 3. The molecule has 2 aliphatic rings. The van der Waals surface area contributed by atoms with Gasteiger partial charge in [-0.3, -0.25) is 9.47 Å². The number of hydrogen-bond acceptors (Lipinski definition) is 8. The SMILES string of the molecule is O=[N+]([O-])c1cn2c(n1)O[C@@H](COc1ccc(N3CCN(Cc4ccc(OC(F)(F)F)cc4)CC3)cc1)CC2. The van der Waals surface area contributed by atoms with Crippen LogP contribution in [0, 0.1) is 10.1 Å². The highest BCUT2D eigenvalue weighted by Crippen LogP contribution is 2.26. The molecule has 2 aliphatic heterocycles. The van der Waals surface area contributed by atoms with Crippen molar-refractivity contribution in [2.24, 2.45) is 0 Å². The van der Waals surface area contributed by atoms with Gasteiger partial charge in [0.25, 0.3) is 0 Å². The molecule has 10 nitrogen and oxygen atoms in total. The molecule has 0 N–H and O–H groups in total. The van der Waals surface area contributed by atoms with E-state index in [0.29, 0.717) is 31.9 Å². The minimum atomic E-state index is -4.69. The van der Waals surface area contributed by atoms with E-state index >= 15 is 0 Å². The number of halogens is 3. The number of nitro groups is 1. The summed E-state index contributed by atoms with van der Waals surface area (Å²) >= 11 is 0. The first-order chi connectivity index (χ1) is 18.2. The van der Waals surface area contributed by atoms with Gasteiger partial charge in [0.05, 0.1) is 0 Å². The lowest BCUT2D eigenvalue weighted by Crippen LogP contribution is -2.45. The van der Waals surface area contributed by atoms with Crippen molar-refractivity contribution in [1.29, 1.82) is 0 Å². The smallest absolute Gasteiger partial charge is 0.490 e. The Morgan fingerprint density at radius 2 is 1.68 bits per heavy atom. The molecule has 3 aromatic rings. The van der Waals surface area contributed by atoms with E-state index in [0.717, 1.165) is 37.4 Å². The van der Waals surface area contributed by atoms with Crippen molar-refractivity contribution in [2.45, 2.75) is 32.0 Å². The lowest BCUT2D eigenvalue weighted by molar-refractivity contribution is -0.389. The number of nitrogens with zero attached hydrogens (tertiary/aromatic N) is 5. The molecule has 1 aromatic heterocycles. The number of piperazine rings is 1. The topological polar surface area (TPSA) is 95.1 Å². The molecule has 1 saturated heterocycles. The largest absolute Gasteiger partial charge is 0.573 e. The number of aromatic nitrogens is 2. The molecule has 3 heterocycles. The van der Waals surface area contributed by atoms with E-state index < -0.39 is 11.3 Å². The van der Waals surface area contributed by atoms with Gasteiger partial charge < -0.3 is 29.2 Å². The Balaban J connectivity index is 1.06. The van der Waals surface area contributed by atoms with Crippen molar-refractivity contribution in [3.63, 3.8) is 0 Å². The van der Waals surface area contributed by atoms with Crippen molar-refractivity contribution >= 4 is 11.5 Å². The van der Waals surface area contributed by atoms with Gasteiger partial charge in [-0.15, -0.1) is 13.2 Å². The first-order valence-electron chi connectivity index (χ1n) is 12.1. The monoisotopic (exact) mass is 533 g/mol. The molecule has 5 rings (SSSR count). The maximum absolute atomic E-state index is 12.3. The maximum Gasteiger partial charge on any atom is 0.573 e. The zero-order valence-corrected chi connectivity index (χ0v) is 20.3. The van der Waals surface area contributed by atoms with Gasteiger partial charge in [0.15, 0.2) is 0 Å². The number of hydrogen-bond donors (Lipinski definition) is 0. The van der Waals surface area contributed by atoms with E-state index in [-0.39, 0.29) is 23.7 Å². The Kier molecular flexibility index (Phi) is 7.27. The summed E-state index contributed by atoms with van der Waals surface area (Å²) in [4.78, 5) is 18.8. The first-order valence-corrected chi connectivity index (χ1v) is 12.1. The predicted molar refractivity (Wildman–Crippen MR) is 130 cm³/mol. The highest BCUT2D eigenvalue weighted by Gasteiger charge is 2.31. The normalized spacial score (nSPS) is 18.0. The summed E-state index contributed by atoms with van der Waals surface area (Å²) in [5, 5.41) is 10.9. The Hall–Kier alpha value is -4.00. The van der Waals surface area contributed by atoms with Gasteiger partial charge in [0.2, 0.25) is 0 Å². The van der Waals surface area contributed by atoms with E-state index in [4.69, 9.17) is 9.47 Å². The summed E-state index contributed by atoms with van der Waals surface area (Å²) in [6.45, 7) is 4.84. The van der Waals surface area contributed by atoms with Crippen LogP contribution < -0.4 is 19.1 Å².